The van der Waals surface area contributed by atoms with Gasteiger partial charge in [-0.15, -0.1) is 0 Å². The largest absolute Gasteiger partial charge is 0.487 e. The molecule has 0 unspecified atom stereocenters. The normalized spacial score (nSPS) is 28.7. The zero-order chi connectivity index (χ0) is 20.2. The van der Waals surface area contributed by atoms with Crippen LogP contribution in [0, 0.1) is 6.92 Å². The zero-order valence-corrected chi connectivity index (χ0v) is 16.7. The predicted octanol–water partition coefficient (Wildman–Crippen LogP) is 1.37. The van der Waals surface area contributed by atoms with Crippen LogP contribution in [0.4, 0.5) is 0 Å². The summed E-state index contributed by atoms with van der Waals surface area (Å²) in [6.45, 7) is 6.37. The first-order valence-electron chi connectivity index (χ1n) is 8.33. The highest BCUT2D eigenvalue weighted by atomic mass is 32.2. The summed E-state index contributed by atoms with van der Waals surface area (Å²) in [4.78, 5) is -0.0251. The van der Waals surface area contributed by atoms with Crippen LogP contribution in [-0.2, 0) is 33.2 Å². The van der Waals surface area contributed by atoms with Crippen molar-refractivity contribution in [3.05, 3.63) is 42.2 Å². The van der Waals surface area contributed by atoms with Crippen molar-refractivity contribution in [1.82, 2.24) is 0 Å². The van der Waals surface area contributed by atoms with E-state index in [1.807, 2.05) is 6.92 Å². The summed E-state index contributed by atoms with van der Waals surface area (Å²) in [5.74, 6) is -1.78. The molecule has 0 bridgehead atoms. The molecule has 0 spiro atoms. The Morgan fingerprint density at radius 2 is 1.93 bits per heavy atom. The van der Waals surface area contributed by atoms with E-state index in [1.54, 1.807) is 19.1 Å². The summed E-state index contributed by atoms with van der Waals surface area (Å²) < 4.78 is 51.6. The van der Waals surface area contributed by atoms with Crippen molar-refractivity contribution < 1.29 is 36.7 Å². The Bertz CT molecular complexity index is 745. The van der Waals surface area contributed by atoms with Crippen LogP contribution in [0.2, 0.25) is 0 Å². The molecule has 1 aliphatic rings. The molecule has 1 heterocycles. The number of methoxy groups -OCH3 is 2. The molecule has 1 aliphatic heterocycles. The van der Waals surface area contributed by atoms with Crippen molar-refractivity contribution in [1.29, 1.82) is 0 Å². The third-order valence-corrected chi connectivity index (χ3v) is 5.52. The van der Waals surface area contributed by atoms with Gasteiger partial charge in [0.15, 0.2) is 6.10 Å². The Morgan fingerprint density at radius 1 is 1.30 bits per heavy atom. The predicted molar refractivity (Wildman–Crippen MR) is 96.5 cm³/mol. The highest BCUT2D eigenvalue weighted by molar-refractivity contribution is 7.86. The molecule has 0 aliphatic carbocycles. The second-order valence-corrected chi connectivity index (χ2v) is 8.02. The average Bonchev–Trinajstić information content (AvgIpc) is 2.62. The lowest BCUT2D eigenvalue weighted by atomic mass is 9.96. The molecular formula is C18H26O8S. The second kappa shape index (κ2) is 8.68. The lowest BCUT2D eigenvalue weighted by molar-refractivity contribution is -0.336. The fourth-order valence-corrected chi connectivity index (χ4v) is 3.70. The van der Waals surface area contributed by atoms with E-state index in [0.717, 1.165) is 5.56 Å². The van der Waals surface area contributed by atoms with Crippen LogP contribution >= 0.6 is 0 Å². The fraction of sp³-hybridized carbons (Fsp3) is 0.556. The number of ether oxygens (including phenoxy) is 4. The summed E-state index contributed by atoms with van der Waals surface area (Å²) in [7, 11) is -1.20. The van der Waals surface area contributed by atoms with Crippen molar-refractivity contribution in [2.24, 2.45) is 0 Å². The van der Waals surface area contributed by atoms with E-state index in [9.17, 15) is 13.5 Å². The molecule has 8 nitrogen and oxygen atoms in total. The van der Waals surface area contributed by atoms with Crippen LogP contribution in [-0.4, -0.2) is 65.1 Å². The van der Waals surface area contributed by atoms with Crippen LogP contribution in [0.1, 0.15) is 12.5 Å². The molecule has 1 aromatic carbocycles. The minimum absolute atomic E-state index is 0.0251. The third kappa shape index (κ3) is 5.07. The molecule has 9 heteroatoms. The van der Waals surface area contributed by atoms with Crippen molar-refractivity contribution in [3.63, 3.8) is 0 Å². The first-order chi connectivity index (χ1) is 12.6. The van der Waals surface area contributed by atoms with Crippen molar-refractivity contribution in [2.75, 3.05) is 27.4 Å². The first kappa shape index (κ1) is 21.8. The molecule has 1 saturated heterocycles. The molecule has 0 radical (unpaired) electrons. The minimum Gasteiger partial charge on any atom is -0.487 e. The van der Waals surface area contributed by atoms with Gasteiger partial charge in [-0.3, -0.25) is 4.18 Å². The summed E-state index contributed by atoms with van der Waals surface area (Å²) >= 11 is 0. The van der Waals surface area contributed by atoms with Crippen molar-refractivity contribution in [2.45, 2.75) is 42.8 Å². The maximum atomic E-state index is 12.4. The standard InChI is InChI=1S/C18H26O8S/c1-12(2)26-17-16(23-5)15(22-4)10-24-18(17,19)11-25-27(20,21)14-8-6-13(3)7-9-14/h6-9,15-17,19H,1,10-11H2,2-5H3/t15-,16-,17-,18-/m1/s1. The highest BCUT2D eigenvalue weighted by Crippen LogP contribution is 2.32. The molecule has 1 aromatic rings. The number of hydrogen-bond acceptors (Lipinski definition) is 8. The minimum atomic E-state index is -4.10. The maximum absolute atomic E-state index is 12.4. The van der Waals surface area contributed by atoms with Crippen LogP contribution < -0.4 is 0 Å². The molecule has 152 valence electrons. The Kier molecular flexibility index (Phi) is 7.01. The third-order valence-electron chi connectivity index (χ3n) is 4.24. The zero-order valence-electron chi connectivity index (χ0n) is 15.9. The smallest absolute Gasteiger partial charge is 0.297 e. The molecule has 1 N–H and O–H groups in total. The van der Waals surface area contributed by atoms with E-state index < -0.39 is 40.8 Å². The van der Waals surface area contributed by atoms with Gasteiger partial charge in [-0.25, -0.2) is 0 Å². The SMILES string of the molecule is C=C(C)O[C@@H]1[C@H](OC)[C@H](OC)CO[C@]1(O)COS(=O)(=O)c1ccc(C)cc1. The molecule has 0 amide bonds. The van der Waals surface area contributed by atoms with Crippen LogP contribution in [0.3, 0.4) is 0 Å². The second-order valence-electron chi connectivity index (χ2n) is 6.40. The molecular weight excluding hydrogens is 376 g/mol. The van der Waals surface area contributed by atoms with Crippen LogP contribution in [0.5, 0.6) is 0 Å². The molecule has 0 saturated carbocycles. The van der Waals surface area contributed by atoms with Gasteiger partial charge < -0.3 is 24.1 Å². The Hall–Kier alpha value is -1.49. The lowest BCUT2D eigenvalue weighted by Gasteiger charge is -2.45. The van der Waals surface area contributed by atoms with E-state index in [4.69, 9.17) is 23.1 Å². The van der Waals surface area contributed by atoms with E-state index in [-0.39, 0.29) is 11.5 Å². The lowest BCUT2D eigenvalue weighted by Crippen LogP contribution is -2.64. The fourth-order valence-electron chi connectivity index (χ4n) is 2.77. The summed E-state index contributed by atoms with van der Waals surface area (Å²) in [5, 5.41) is 10.9. The average molecular weight is 402 g/mol. The molecule has 1 fully saturated rings. The quantitative estimate of drug-likeness (QED) is 0.514. The van der Waals surface area contributed by atoms with E-state index in [0.29, 0.717) is 5.76 Å². The van der Waals surface area contributed by atoms with Gasteiger partial charge in [-0.1, -0.05) is 24.3 Å². The molecule has 27 heavy (non-hydrogen) atoms. The number of hydrogen-bond donors (Lipinski definition) is 1. The van der Waals surface area contributed by atoms with Gasteiger partial charge in [0.25, 0.3) is 10.1 Å². The number of allylic oxidation sites excluding steroid dienone is 1. The number of aliphatic hydroxyl groups is 1. The number of benzene rings is 1. The van der Waals surface area contributed by atoms with Gasteiger partial charge in [0.2, 0.25) is 5.79 Å². The summed E-state index contributed by atoms with van der Waals surface area (Å²) in [5.41, 5.74) is 0.909. The molecule has 2 rings (SSSR count). The molecule has 0 aromatic heterocycles. The maximum Gasteiger partial charge on any atom is 0.297 e. The van der Waals surface area contributed by atoms with Gasteiger partial charge >= 0.3 is 0 Å². The van der Waals surface area contributed by atoms with Crippen LogP contribution in [0.25, 0.3) is 0 Å². The summed E-state index contributed by atoms with van der Waals surface area (Å²) in [6.07, 6.45) is -2.35. The van der Waals surface area contributed by atoms with Gasteiger partial charge in [-0.2, -0.15) is 8.42 Å². The number of aryl methyl sites for hydroxylation is 1. The van der Waals surface area contributed by atoms with Crippen molar-refractivity contribution >= 4 is 10.1 Å². The van der Waals surface area contributed by atoms with Gasteiger partial charge in [0.05, 0.1) is 17.3 Å². The van der Waals surface area contributed by atoms with Gasteiger partial charge in [-0.05, 0) is 26.0 Å². The van der Waals surface area contributed by atoms with E-state index in [2.05, 4.69) is 6.58 Å². The van der Waals surface area contributed by atoms with Crippen molar-refractivity contribution in [3.8, 4) is 0 Å². The Labute approximate surface area is 159 Å². The van der Waals surface area contributed by atoms with Gasteiger partial charge in [0, 0.05) is 14.2 Å². The molecule has 4 atom stereocenters. The monoisotopic (exact) mass is 402 g/mol. The number of rotatable bonds is 8. The van der Waals surface area contributed by atoms with E-state index in [1.165, 1.54) is 26.4 Å². The van der Waals surface area contributed by atoms with E-state index >= 15 is 0 Å². The highest BCUT2D eigenvalue weighted by Gasteiger charge is 2.53. The Morgan fingerprint density at radius 3 is 2.44 bits per heavy atom. The van der Waals surface area contributed by atoms with Crippen LogP contribution in [0.15, 0.2) is 41.5 Å². The summed E-state index contributed by atoms with van der Waals surface area (Å²) in [6, 6.07) is 6.16. The Balaban J connectivity index is 2.22. The van der Waals surface area contributed by atoms with Gasteiger partial charge in [0.1, 0.15) is 18.8 Å². The first-order valence-corrected chi connectivity index (χ1v) is 9.74. The topological polar surface area (TPSA) is 101 Å².